The van der Waals surface area contributed by atoms with Gasteiger partial charge in [-0.05, 0) is 80.8 Å². The maximum atomic E-state index is 12.2. The molecule has 0 radical (unpaired) electrons. The Bertz CT molecular complexity index is 2000. The van der Waals surface area contributed by atoms with Gasteiger partial charge in [0.25, 0.3) is 0 Å². The number of nitrogens with one attached hydrogen (secondary N) is 2. The van der Waals surface area contributed by atoms with Crippen LogP contribution in [-0.4, -0.2) is 62.1 Å². The van der Waals surface area contributed by atoms with Gasteiger partial charge in [-0.1, -0.05) is 11.6 Å². The maximum absolute atomic E-state index is 12.2. The van der Waals surface area contributed by atoms with Crippen molar-refractivity contribution >= 4 is 90.3 Å². The Morgan fingerprint density at radius 1 is 1.04 bits per heavy atom. The number of anilines is 2. The Balaban J connectivity index is 0.000000150. The number of ether oxygens (including phenoxy) is 1. The van der Waals surface area contributed by atoms with Gasteiger partial charge < -0.3 is 20.3 Å². The zero-order valence-corrected chi connectivity index (χ0v) is 29.1. The molecule has 10 nitrogen and oxygen atoms in total. The fourth-order valence-corrected chi connectivity index (χ4v) is 9.11. The van der Waals surface area contributed by atoms with Crippen LogP contribution in [0.25, 0.3) is 20.4 Å². The van der Waals surface area contributed by atoms with Crippen LogP contribution in [0.1, 0.15) is 52.8 Å². The fourth-order valence-electron chi connectivity index (χ4n) is 5.86. The Hall–Kier alpha value is -3.36. The van der Waals surface area contributed by atoms with E-state index in [2.05, 4.69) is 54.0 Å². The van der Waals surface area contributed by atoms with E-state index in [4.69, 9.17) is 16.3 Å². The van der Waals surface area contributed by atoms with Crippen LogP contribution in [-0.2, 0) is 37.2 Å². The van der Waals surface area contributed by atoms with Gasteiger partial charge in [0.1, 0.15) is 38.9 Å². The predicted molar refractivity (Wildman–Crippen MR) is 188 cm³/mol. The first-order valence-electron chi connectivity index (χ1n) is 15.0. The van der Waals surface area contributed by atoms with Crippen LogP contribution in [0.4, 0.5) is 16.3 Å². The van der Waals surface area contributed by atoms with Gasteiger partial charge in [-0.2, -0.15) is 0 Å². The molecule has 7 heterocycles. The Morgan fingerprint density at radius 3 is 2.61 bits per heavy atom. The zero-order chi connectivity index (χ0) is 32.0. The smallest absolute Gasteiger partial charge is 0.410 e. The highest BCUT2D eigenvalue weighted by Gasteiger charge is 2.29. The number of carbonyl (C=O) groups is 1. The number of hydrogen-bond acceptors (Lipinski definition) is 12. The third kappa shape index (κ3) is 6.18. The van der Waals surface area contributed by atoms with E-state index >= 15 is 0 Å². The topological polar surface area (TPSA) is 118 Å². The van der Waals surface area contributed by atoms with E-state index < -0.39 is 5.60 Å². The lowest BCUT2D eigenvalue weighted by molar-refractivity contribution is 0.0227. The number of rotatable bonds is 3. The summed E-state index contributed by atoms with van der Waals surface area (Å²) in [5.41, 5.74) is 5.67. The minimum absolute atomic E-state index is 0.275. The molecule has 238 valence electrons. The highest BCUT2D eigenvalue weighted by Crippen LogP contribution is 2.39. The number of amides is 1. The maximum Gasteiger partial charge on any atom is 0.410 e. The van der Waals surface area contributed by atoms with Crippen molar-refractivity contribution in [3.05, 3.63) is 61.9 Å². The number of fused-ring (bicyclic) bond motifs is 7. The highest BCUT2D eigenvalue weighted by molar-refractivity contribution is 7.98. The van der Waals surface area contributed by atoms with Gasteiger partial charge in [-0.25, -0.2) is 24.7 Å². The van der Waals surface area contributed by atoms with E-state index in [1.165, 1.54) is 43.7 Å². The van der Waals surface area contributed by atoms with Gasteiger partial charge in [0.2, 0.25) is 0 Å². The molecule has 0 fully saturated rings. The van der Waals surface area contributed by atoms with Crippen molar-refractivity contribution in [2.75, 3.05) is 24.7 Å². The SMILES string of the molecule is CC(C)(C)OC(=O)N1CCc2c(sc3ncnc(Cl)c23)C1.CSc1cc2c(cc1Nc1ncnc3sc4c(c13)CCNC4)C=NC2. The molecule has 0 bridgehead atoms. The number of hydrogen-bond donors (Lipinski definition) is 2. The van der Waals surface area contributed by atoms with Gasteiger partial charge >= 0.3 is 6.09 Å². The third-order valence-corrected chi connectivity index (χ3v) is 11.3. The van der Waals surface area contributed by atoms with Crippen LogP contribution >= 0.6 is 46.0 Å². The predicted octanol–water partition coefficient (Wildman–Crippen LogP) is 7.37. The van der Waals surface area contributed by atoms with Crippen LogP contribution in [0.2, 0.25) is 5.15 Å². The van der Waals surface area contributed by atoms with Crippen molar-refractivity contribution in [1.82, 2.24) is 30.2 Å². The van der Waals surface area contributed by atoms with Crippen molar-refractivity contribution in [2.45, 2.75) is 63.7 Å². The molecule has 4 aromatic heterocycles. The van der Waals surface area contributed by atoms with Crippen LogP contribution in [0.15, 0.2) is 34.7 Å². The summed E-state index contributed by atoms with van der Waals surface area (Å²) in [5.74, 6) is 0.912. The van der Waals surface area contributed by atoms with Crippen LogP contribution in [0, 0.1) is 0 Å². The first-order valence-corrected chi connectivity index (χ1v) is 18.2. The Labute approximate surface area is 284 Å². The van der Waals surface area contributed by atoms with Gasteiger partial charge in [0, 0.05) is 34.0 Å². The molecule has 0 saturated heterocycles. The summed E-state index contributed by atoms with van der Waals surface area (Å²) in [7, 11) is 0. The van der Waals surface area contributed by atoms with Gasteiger partial charge in [0.05, 0.1) is 29.5 Å². The summed E-state index contributed by atoms with van der Waals surface area (Å²) in [4.78, 5) is 41.3. The second-order valence-corrected chi connectivity index (χ2v) is 15.6. The second kappa shape index (κ2) is 12.7. The zero-order valence-electron chi connectivity index (χ0n) is 25.9. The molecule has 1 aromatic carbocycles. The lowest BCUT2D eigenvalue weighted by Crippen LogP contribution is -2.39. The number of carbonyl (C=O) groups excluding carboxylic acids is 1. The number of aromatic nitrogens is 4. The molecule has 0 atom stereocenters. The van der Waals surface area contributed by atoms with Crippen molar-refractivity contribution in [3.8, 4) is 0 Å². The minimum Gasteiger partial charge on any atom is -0.444 e. The Kier molecular flexibility index (Phi) is 8.62. The van der Waals surface area contributed by atoms with E-state index in [1.807, 2.05) is 27.0 Å². The van der Waals surface area contributed by atoms with Gasteiger partial charge in [-0.3, -0.25) is 4.99 Å². The normalized spacial score (nSPS) is 15.3. The molecule has 0 aliphatic carbocycles. The molecule has 46 heavy (non-hydrogen) atoms. The molecule has 1 amide bonds. The van der Waals surface area contributed by atoms with Gasteiger partial charge in [0.15, 0.2) is 0 Å². The minimum atomic E-state index is -0.480. The van der Waals surface area contributed by atoms with Crippen molar-refractivity contribution in [3.63, 3.8) is 0 Å². The van der Waals surface area contributed by atoms with Gasteiger partial charge in [-0.15, -0.1) is 34.4 Å². The van der Waals surface area contributed by atoms with E-state index in [1.54, 1.807) is 45.7 Å². The molecular formula is C32H33ClN8O2S3. The lowest BCUT2D eigenvalue weighted by Gasteiger charge is -2.30. The molecule has 0 saturated carbocycles. The molecule has 0 unspecified atom stereocenters. The molecule has 14 heteroatoms. The first-order chi connectivity index (χ1) is 22.2. The number of benzene rings is 1. The summed E-state index contributed by atoms with van der Waals surface area (Å²) in [6.45, 7) is 9.51. The van der Waals surface area contributed by atoms with Crippen molar-refractivity contribution in [2.24, 2.45) is 4.99 Å². The molecule has 3 aliphatic heterocycles. The van der Waals surface area contributed by atoms with E-state index in [0.29, 0.717) is 18.2 Å². The largest absolute Gasteiger partial charge is 0.444 e. The number of aliphatic imine (C=N–C) groups is 1. The fraction of sp³-hybridized carbons (Fsp3) is 0.375. The third-order valence-electron chi connectivity index (χ3n) is 7.96. The number of thioether (sulfide) groups is 1. The summed E-state index contributed by atoms with van der Waals surface area (Å²) in [5, 5.41) is 9.63. The average Bonchev–Trinajstić information content (AvgIpc) is 3.75. The first kappa shape index (κ1) is 31.3. The van der Waals surface area contributed by atoms with Crippen LogP contribution < -0.4 is 10.6 Å². The molecular weight excluding hydrogens is 660 g/mol. The summed E-state index contributed by atoms with van der Waals surface area (Å²) >= 11 is 11.3. The van der Waals surface area contributed by atoms with Crippen LogP contribution in [0.3, 0.4) is 0 Å². The number of thiophene rings is 2. The summed E-state index contributed by atoms with van der Waals surface area (Å²) in [6.07, 6.45) is 8.70. The van der Waals surface area contributed by atoms with E-state index in [0.717, 1.165) is 63.9 Å². The number of nitrogens with zero attached hydrogens (tertiary/aromatic N) is 6. The van der Waals surface area contributed by atoms with E-state index in [-0.39, 0.29) is 6.09 Å². The molecule has 8 rings (SSSR count). The van der Waals surface area contributed by atoms with E-state index in [9.17, 15) is 4.79 Å². The molecule has 0 spiro atoms. The van der Waals surface area contributed by atoms with Crippen LogP contribution in [0.5, 0.6) is 0 Å². The Morgan fingerprint density at radius 2 is 1.80 bits per heavy atom. The summed E-state index contributed by atoms with van der Waals surface area (Å²) in [6, 6.07) is 4.42. The molecule has 2 N–H and O–H groups in total. The lowest BCUT2D eigenvalue weighted by atomic mass is 10.1. The quantitative estimate of drug-likeness (QED) is 0.148. The molecule has 5 aromatic rings. The summed E-state index contributed by atoms with van der Waals surface area (Å²) < 4.78 is 5.43. The monoisotopic (exact) mass is 692 g/mol. The van der Waals surface area contributed by atoms with Crippen molar-refractivity contribution < 1.29 is 9.53 Å². The van der Waals surface area contributed by atoms with Crippen molar-refractivity contribution in [1.29, 1.82) is 0 Å². The average molecular weight is 693 g/mol. The molecule has 3 aliphatic rings. The highest BCUT2D eigenvalue weighted by atomic mass is 35.5. The number of halogens is 1. The standard InChI is InChI=1S/C18H17N5S2.C14H16ClN3O2S/c1-24-14-5-11-7-20-6-10(11)4-13(14)23-17-16-12-2-3-19-8-15(12)25-18(16)22-9-21-17;1-14(2,3)20-13(19)18-5-4-8-9(6-18)21-12-10(8)11(15)16-7-17-12/h4-6,9,19H,2-3,7-8H2,1H3,(H,21,22,23);7H,4-6H2,1-3H3. The second-order valence-electron chi connectivity index (χ2n) is 12.2.